The van der Waals surface area contributed by atoms with Gasteiger partial charge in [-0.05, 0) is 37.3 Å². The molecule has 0 amide bonds. The second kappa shape index (κ2) is 3.14. The molecule has 0 aromatic heterocycles. The Morgan fingerprint density at radius 3 is 2.92 bits per heavy atom. The van der Waals surface area contributed by atoms with Crippen molar-refractivity contribution in [2.45, 2.75) is 26.2 Å². The molecule has 0 nitrogen and oxygen atoms in total. The fraction of sp³-hybridized carbons (Fsp3) is 0.333. The van der Waals surface area contributed by atoms with Gasteiger partial charge >= 0.3 is 0 Å². The SMILES string of the molecule is CC1=CC2=C(C=CCC2)CC=C1. The Morgan fingerprint density at radius 1 is 1.08 bits per heavy atom. The van der Waals surface area contributed by atoms with Crippen molar-refractivity contribution in [1.82, 2.24) is 0 Å². The normalized spacial score (nSPS) is 21.9. The van der Waals surface area contributed by atoms with Gasteiger partial charge in [-0.2, -0.15) is 0 Å². The van der Waals surface area contributed by atoms with Crippen molar-refractivity contribution in [3.05, 3.63) is 47.1 Å². The molecule has 0 saturated heterocycles. The van der Waals surface area contributed by atoms with Gasteiger partial charge in [-0.1, -0.05) is 36.0 Å². The Labute approximate surface area is 74.0 Å². The van der Waals surface area contributed by atoms with E-state index in [1.165, 1.54) is 24.0 Å². The molecule has 0 radical (unpaired) electrons. The Kier molecular flexibility index (Phi) is 1.99. The van der Waals surface area contributed by atoms with Crippen LogP contribution in [-0.4, -0.2) is 0 Å². The van der Waals surface area contributed by atoms with Gasteiger partial charge in [0.25, 0.3) is 0 Å². The molecule has 0 fully saturated rings. The van der Waals surface area contributed by atoms with Crippen LogP contribution >= 0.6 is 0 Å². The van der Waals surface area contributed by atoms with E-state index >= 15 is 0 Å². The highest BCUT2D eigenvalue weighted by molar-refractivity contribution is 5.43. The lowest BCUT2D eigenvalue weighted by atomic mass is 9.95. The van der Waals surface area contributed by atoms with Crippen LogP contribution < -0.4 is 0 Å². The molecule has 0 saturated carbocycles. The summed E-state index contributed by atoms with van der Waals surface area (Å²) in [4.78, 5) is 0. The smallest absolute Gasteiger partial charge is 0.00916 e. The van der Waals surface area contributed by atoms with E-state index in [0.29, 0.717) is 0 Å². The zero-order chi connectivity index (χ0) is 8.39. The van der Waals surface area contributed by atoms with Crippen molar-refractivity contribution in [3.63, 3.8) is 0 Å². The van der Waals surface area contributed by atoms with E-state index in [4.69, 9.17) is 0 Å². The van der Waals surface area contributed by atoms with E-state index in [0.717, 1.165) is 6.42 Å². The van der Waals surface area contributed by atoms with Crippen molar-refractivity contribution < 1.29 is 0 Å². The second-order valence-electron chi connectivity index (χ2n) is 3.49. The summed E-state index contributed by atoms with van der Waals surface area (Å²) in [5.74, 6) is 0. The Hall–Kier alpha value is -1.04. The molecule has 0 heteroatoms. The van der Waals surface area contributed by atoms with Gasteiger partial charge in [0.2, 0.25) is 0 Å². The third-order valence-electron chi connectivity index (χ3n) is 2.43. The molecule has 2 aliphatic carbocycles. The van der Waals surface area contributed by atoms with Crippen LogP contribution in [0, 0.1) is 0 Å². The van der Waals surface area contributed by atoms with Crippen molar-refractivity contribution in [2.24, 2.45) is 0 Å². The standard InChI is InChI=1S/C12H14/c1-10-5-4-8-11-6-2-3-7-12(11)9-10/h2,4-6,9H,3,7-8H2,1H3. The molecule has 0 aliphatic heterocycles. The van der Waals surface area contributed by atoms with Gasteiger partial charge < -0.3 is 0 Å². The molecule has 0 aromatic carbocycles. The Bertz CT molecular complexity index is 298. The van der Waals surface area contributed by atoms with Gasteiger partial charge in [0.1, 0.15) is 0 Å². The number of allylic oxidation sites excluding steroid dienone is 8. The fourth-order valence-corrected chi connectivity index (χ4v) is 1.79. The van der Waals surface area contributed by atoms with E-state index in [9.17, 15) is 0 Å². The summed E-state index contributed by atoms with van der Waals surface area (Å²) in [6.45, 7) is 2.17. The highest BCUT2D eigenvalue weighted by atomic mass is 14.1. The topological polar surface area (TPSA) is 0 Å². The van der Waals surface area contributed by atoms with Gasteiger partial charge in [0, 0.05) is 0 Å². The molecule has 0 bridgehead atoms. The van der Waals surface area contributed by atoms with E-state index in [-0.39, 0.29) is 0 Å². The van der Waals surface area contributed by atoms with Crippen LogP contribution in [0.3, 0.4) is 0 Å². The molecule has 0 spiro atoms. The summed E-state index contributed by atoms with van der Waals surface area (Å²) in [6, 6.07) is 0. The number of hydrogen-bond donors (Lipinski definition) is 0. The largest absolute Gasteiger partial charge is 0.0839 e. The summed E-state index contributed by atoms with van der Waals surface area (Å²) in [5, 5.41) is 0. The van der Waals surface area contributed by atoms with Crippen LogP contribution in [0.5, 0.6) is 0 Å². The third kappa shape index (κ3) is 1.42. The van der Waals surface area contributed by atoms with Crippen molar-refractivity contribution in [3.8, 4) is 0 Å². The van der Waals surface area contributed by atoms with E-state index < -0.39 is 0 Å². The summed E-state index contributed by atoms with van der Waals surface area (Å²) in [6.07, 6.45) is 14.9. The minimum atomic E-state index is 1.11. The molecule has 2 aliphatic rings. The van der Waals surface area contributed by atoms with Gasteiger partial charge in [0.15, 0.2) is 0 Å². The van der Waals surface area contributed by atoms with Crippen molar-refractivity contribution in [2.75, 3.05) is 0 Å². The lowest BCUT2D eigenvalue weighted by Crippen LogP contribution is -1.90. The third-order valence-corrected chi connectivity index (χ3v) is 2.43. The first-order valence-electron chi connectivity index (χ1n) is 4.59. The lowest BCUT2D eigenvalue weighted by Gasteiger charge is -2.10. The summed E-state index contributed by atoms with van der Waals surface area (Å²) in [7, 11) is 0. The maximum Gasteiger partial charge on any atom is -0.00916 e. The quantitative estimate of drug-likeness (QED) is 0.506. The lowest BCUT2D eigenvalue weighted by molar-refractivity contribution is 0.956. The predicted molar refractivity (Wildman–Crippen MR) is 52.9 cm³/mol. The molecule has 0 aromatic rings. The second-order valence-corrected chi connectivity index (χ2v) is 3.49. The molecule has 0 N–H and O–H groups in total. The average Bonchev–Trinajstić information content (AvgIpc) is 2.25. The first-order valence-corrected chi connectivity index (χ1v) is 4.59. The molecular weight excluding hydrogens is 144 g/mol. The van der Waals surface area contributed by atoms with Crippen LogP contribution in [0.15, 0.2) is 47.1 Å². The summed E-state index contributed by atoms with van der Waals surface area (Å²) >= 11 is 0. The monoisotopic (exact) mass is 158 g/mol. The molecular formula is C12H14. The number of hydrogen-bond acceptors (Lipinski definition) is 0. The number of rotatable bonds is 0. The summed E-state index contributed by atoms with van der Waals surface area (Å²) < 4.78 is 0. The van der Waals surface area contributed by atoms with E-state index in [1.807, 2.05) is 0 Å². The first kappa shape index (κ1) is 7.60. The predicted octanol–water partition coefficient (Wildman–Crippen LogP) is 3.54. The summed E-state index contributed by atoms with van der Waals surface area (Å²) in [5.41, 5.74) is 4.43. The highest BCUT2D eigenvalue weighted by Crippen LogP contribution is 2.26. The van der Waals surface area contributed by atoms with Crippen molar-refractivity contribution >= 4 is 0 Å². The van der Waals surface area contributed by atoms with Gasteiger partial charge in [-0.25, -0.2) is 0 Å². The van der Waals surface area contributed by atoms with Crippen LogP contribution in [0.2, 0.25) is 0 Å². The zero-order valence-corrected chi connectivity index (χ0v) is 7.51. The minimum absolute atomic E-state index is 1.11. The van der Waals surface area contributed by atoms with E-state index in [2.05, 4.69) is 37.3 Å². The van der Waals surface area contributed by atoms with Crippen LogP contribution in [0.1, 0.15) is 26.2 Å². The average molecular weight is 158 g/mol. The van der Waals surface area contributed by atoms with Crippen LogP contribution in [0.25, 0.3) is 0 Å². The molecule has 0 heterocycles. The van der Waals surface area contributed by atoms with Gasteiger partial charge in [-0.3, -0.25) is 0 Å². The van der Waals surface area contributed by atoms with Crippen LogP contribution in [0.4, 0.5) is 0 Å². The maximum absolute atomic E-state index is 2.32. The fourth-order valence-electron chi connectivity index (χ4n) is 1.79. The highest BCUT2D eigenvalue weighted by Gasteiger charge is 2.06. The molecule has 62 valence electrons. The Balaban J connectivity index is 2.38. The molecule has 2 rings (SSSR count). The van der Waals surface area contributed by atoms with Crippen LogP contribution in [-0.2, 0) is 0 Å². The maximum atomic E-state index is 2.32. The van der Waals surface area contributed by atoms with Gasteiger partial charge in [-0.15, -0.1) is 0 Å². The van der Waals surface area contributed by atoms with Gasteiger partial charge in [0.05, 0.1) is 0 Å². The van der Waals surface area contributed by atoms with E-state index in [1.54, 1.807) is 5.57 Å². The zero-order valence-electron chi connectivity index (χ0n) is 7.51. The first-order chi connectivity index (χ1) is 5.86. The molecule has 0 atom stereocenters. The van der Waals surface area contributed by atoms with Crippen molar-refractivity contribution in [1.29, 1.82) is 0 Å². The minimum Gasteiger partial charge on any atom is -0.0839 e. The molecule has 12 heavy (non-hydrogen) atoms. The molecule has 0 unspecified atom stereocenters. The Morgan fingerprint density at radius 2 is 2.00 bits per heavy atom.